The Hall–Kier alpha value is -3.22. The minimum atomic E-state index is -0.275. The number of rotatable bonds is 3. The highest BCUT2D eigenvalue weighted by Crippen LogP contribution is 2.22. The molecule has 3 heterocycles. The van der Waals surface area contributed by atoms with Crippen LogP contribution in [0.4, 0.5) is 0 Å². The Kier molecular flexibility index (Phi) is 4.81. The van der Waals surface area contributed by atoms with Gasteiger partial charge in [0.15, 0.2) is 0 Å². The summed E-state index contributed by atoms with van der Waals surface area (Å²) >= 11 is 0. The second-order valence-corrected chi connectivity index (χ2v) is 7.36. The molecule has 28 heavy (non-hydrogen) atoms. The normalized spacial score (nSPS) is 15.1. The fraction of sp³-hybridized carbons (Fsp3) is 0.333. The number of pyridine rings is 1. The van der Waals surface area contributed by atoms with E-state index in [1.165, 1.54) is 6.07 Å². The van der Waals surface area contributed by atoms with Crippen LogP contribution in [0.5, 0.6) is 0 Å². The number of hydrogen-bond acceptors (Lipinski definition) is 4. The Bertz CT molecular complexity index is 1140. The van der Waals surface area contributed by atoms with Gasteiger partial charge in [0.05, 0.1) is 11.9 Å². The van der Waals surface area contributed by atoms with Gasteiger partial charge < -0.3 is 9.88 Å². The van der Waals surface area contributed by atoms with Crippen molar-refractivity contribution in [1.29, 1.82) is 0 Å². The SMILES string of the molecule is Cc1cncn(CC2CCN(C(=O)c3cc(=O)[nH]c4ccccc34)CC2)c1=O. The highest BCUT2D eigenvalue weighted by atomic mass is 16.2. The van der Waals surface area contributed by atoms with Crippen molar-refractivity contribution in [3.05, 3.63) is 74.7 Å². The summed E-state index contributed by atoms with van der Waals surface area (Å²) in [5, 5.41) is 0.756. The molecule has 1 amide bonds. The van der Waals surface area contributed by atoms with Crippen LogP contribution < -0.4 is 11.1 Å². The monoisotopic (exact) mass is 378 g/mol. The molecular formula is C21H22N4O3. The Morgan fingerprint density at radius 1 is 1.21 bits per heavy atom. The summed E-state index contributed by atoms with van der Waals surface area (Å²) in [7, 11) is 0. The lowest BCUT2D eigenvalue weighted by atomic mass is 9.95. The first kappa shape index (κ1) is 18.2. The van der Waals surface area contributed by atoms with E-state index in [0.717, 1.165) is 18.2 Å². The Morgan fingerprint density at radius 3 is 2.75 bits per heavy atom. The molecule has 1 aromatic carbocycles. The standard InChI is InChI=1S/C21H22N4O3/c1-14-11-22-13-25(20(14)27)12-15-6-8-24(9-7-15)21(28)17-10-19(26)23-18-5-3-2-4-16(17)18/h2-5,10-11,13,15H,6-9,12H2,1H3,(H,23,26). The Labute approximate surface area is 161 Å². The van der Waals surface area contributed by atoms with Crippen LogP contribution in [0.25, 0.3) is 10.9 Å². The number of nitrogens with one attached hydrogen (secondary N) is 1. The maximum Gasteiger partial charge on any atom is 0.256 e. The number of para-hydroxylation sites is 1. The number of hydrogen-bond donors (Lipinski definition) is 1. The van der Waals surface area contributed by atoms with Crippen molar-refractivity contribution in [2.45, 2.75) is 26.3 Å². The summed E-state index contributed by atoms with van der Waals surface area (Å²) in [6, 6.07) is 8.72. The second kappa shape index (κ2) is 7.42. The first-order valence-corrected chi connectivity index (χ1v) is 9.45. The molecule has 0 unspecified atom stereocenters. The topological polar surface area (TPSA) is 88.1 Å². The third-order valence-electron chi connectivity index (χ3n) is 5.41. The lowest BCUT2D eigenvalue weighted by molar-refractivity contribution is 0.0684. The molecule has 1 aliphatic rings. The summed E-state index contributed by atoms with van der Waals surface area (Å²) in [6.07, 6.45) is 4.78. The van der Waals surface area contributed by atoms with Gasteiger partial charge >= 0.3 is 0 Å². The molecule has 0 spiro atoms. The number of piperidine rings is 1. The molecule has 0 bridgehead atoms. The first-order valence-electron chi connectivity index (χ1n) is 9.45. The van der Waals surface area contributed by atoms with Gasteiger partial charge in [-0.2, -0.15) is 0 Å². The van der Waals surface area contributed by atoms with E-state index in [2.05, 4.69) is 9.97 Å². The number of likely N-dealkylation sites (tertiary alicyclic amines) is 1. The number of aromatic amines is 1. The zero-order valence-electron chi connectivity index (χ0n) is 15.7. The Balaban J connectivity index is 1.48. The minimum absolute atomic E-state index is 0.0107. The van der Waals surface area contributed by atoms with Gasteiger partial charge in [0.2, 0.25) is 5.56 Å². The fourth-order valence-electron chi connectivity index (χ4n) is 3.84. The average molecular weight is 378 g/mol. The summed E-state index contributed by atoms with van der Waals surface area (Å²) in [5.41, 5.74) is 1.46. The van der Waals surface area contributed by atoms with Crippen molar-refractivity contribution in [1.82, 2.24) is 19.4 Å². The lowest BCUT2D eigenvalue weighted by Crippen LogP contribution is -2.40. The number of carbonyl (C=O) groups is 1. The number of H-pyrrole nitrogens is 1. The summed E-state index contributed by atoms with van der Waals surface area (Å²) in [4.78, 5) is 45.8. The van der Waals surface area contributed by atoms with Crippen molar-refractivity contribution in [3.63, 3.8) is 0 Å². The molecule has 0 aliphatic carbocycles. The first-order chi connectivity index (χ1) is 13.5. The van der Waals surface area contributed by atoms with Gasteiger partial charge in [0.25, 0.3) is 11.5 Å². The van der Waals surface area contributed by atoms with Crippen molar-refractivity contribution >= 4 is 16.8 Å². The number of carbonyl (C=O) groups excluding carboxylic acids is 1. The van der Waals surface area contributed by atoms with E-state index >= 15 is 0 Å². The number of amides is 1. The van der Waals surface area contributed by atoms with Crippen molar-refractivity contribution in [2.75, 3.05) is 13.1 Å². The highest BCUT2D eigenvalue weighted by Gasteiger charge is 2.25. The maximum atomic E-state index is 13.0. The highest BCUT2D eigenvalue weighted by molar-refractivity contribution is 6.05. The molecular weight excluding hydrogens is 356 g/mol. The summed E-state index contributed by atoms with van der Waals surface area (Å²) in [5.74, 6) is 0.205. The minimum Gasteiger partial charge on any atom is -0.339 e. The van der Waals surface area contributed by atoms with Gasteiger partial charge in [-0.25, -0.2) is 4.98 Å². The van der Waals surface area contributed by atoms with Crippen molar-refractivity contribution in [2.24, 2.45) is 5.92 Å². The quantitative estimate of drug-likeness (QED) is 0.754. The smallest absolute Gasteiger partial charge is 0.256 e. The zero-order chi connectivity index (χ0) is 19.7. The molecule has 1 saturated heterocycles. The second-order valence-electron chi connectivity index (χ2n) is 7.36. The van der Waals surface area contributed by atoms with Crippen molar-refractivity contribution < 1.29 is 4.79 Å². The molecule has 3 aromatic rings. The van der Waals surface area contributed by atoms with E-state index in [0.29, 0.717) is 42.2 Å². The molecule has 1 fully saturated rings. The van der Waals surface area contributed by atoms with E-state index in [1.807, 2.05) is 18.2 Å². The van der Waals surface area contributed by atoms with Crippen LogP contribution in [0.3, 0.4) is 0 Å². The molecule has 7 nitrogen and oxygen atoms in total. The number of fused-ring (bicyclic) bond motifs is 1. The van der Waals surface area contributed by atoms with Crippen LogP contribution in [-0.2, 0) is 6.54 Å². The third-order valence-corrected chi connectivity index (χ3v) is 5.41. The van der Waals surface area contributed by atoms with Crippen LogP contribution in [0.1, 0.15) is 28.8 Å². The van der Waals surface area contributed by atoms with Gasteiger partial charge in [-0.15, -0.1) is 0 Å². The number of nitrogens with zero attached hydrogens (tertiary/aromatic N) is 3. The van der Waals surface area contributed by atoms with E-state index < -0.39 is 0 Å². The van der Waals surface area contributed by atoms with Crippen LogP contribution in [0.15, 0.2) is 52.4 Å². The lowest BCUT2D eigenvalue weighted by Gasteiger charge is -2.32. The van der Waals surface area contributed by atoms with Crippen molar-refractivity contribution in [3.8, 4) is 0 Å². The Morgan fingerprint density at radius 2 is 1.96 bits per heavy atom. The fourth-order valence-corrected chi connectivity index (χ4v) is 3.84. The molecule has 0 radical (unpaired) electrons. The summed E-state index contributed by atoms with van der Waals surface area (Å²) in [6.45, 7) is 3.60. The van der Waals surface area contributed by atoms with Gasteiger partial charge in [-0.05, 0) is 31.7 Å². The van der Waals surface area contributed by atoms with Crippen LogP contribution in [-0.4, -0.2) is 38.4 Å². The molecule has 1 aliphatic heterocycles. The van der Waals surface area contributed by atoms with Gasteiger partial charge in [0.1, 0.15) is 0 Å². The van der Waals surface area contributed by atoms with Crippen LogP contribution in [0.2, 0.25) is 0 Å². The molecule has 144 valence electrons. The van der Waals surface area contributed by atoms with E-state index in [-0.39, 0.29) is 17.0 Å². The predicted molar refractivity (Wildman–Crippen MR) is 106 cm³/mol. The molecule has 4 rings (SSSR count). The summed E-state index contributed by atoms with van der Waals surface area (Å²) < 4.78 is 1.65. The van der Waals surface area contributed by atoms with Crippen LogP contribution in [0, 0.1) is 12.8 Å². The molecule has 2 aromatic heterocycles. The van der Waals surface area contributed by atoms with E-state index in [4.69, 9.17) is 0 Å². The molecule has 7 heteroatoms. The van der Waals surface area contributed by atoms with Gasteiger partial charge in [-0.3, -0.25) is 19.0 Å². The maximum absolute atomic E-state index is 13.0. The molecule has 0 atom stereocenters. The molecule has 1 N–H and O–H groups in total. The average Bonchev–Trinajstić information content (AvgIpc) is 2.71. The largest absolute Gasteiger partial charge is 0.339 e. The predicted octanol–water partition coefficient (Wildman–Crippen LogP) is 1.95. The van der Waals surface area contributed by atoms with E-state index in [9.17, 15) is 14.4 Å². The number of benzene rings is 1. The zero-order valence-corrected chi connectivity index (χ0v) is 15.7. The van der Waals surface area contributed by atoms with Crippen LogP contribution >= 0.6 is 0 Å². The van der Waals surface area contributed by atoms with Gasteiger partial charge in [0, 0.05) is 48.4 Å². The van der Waals surface area contributed by atoms with E-state index in [1.54, 1.807) is 35.0 Å². The molecule has 0 saturated carbocycles. The number of aromatic nitrogens is 3. The third kappa shape index (κ3) is 3.47. The van der Waals surface area contributed by atoms with Gasteiger partial charge in [-0.1, -0.05) is 18.2 Å². The number of aryl methyl sites for hydroxylation is 1.